The summed E-state index contributed by atoms with van der Waals surface area (Å²) in [6, 6.07) is 0.459. The monoisotopic (exact) mass is 181 g/mol. The molecular formula is C11H19NO. The molecule has 0 amide bonds. The first-order valence-electron chi connectivity index (χ1n) is 5.36. The van der Waals surface area contributed by atoms with Crippen LogP contribution in [0.25, 0.3) is 0 Å². The van der Waals surface area contributed by atoms with Gasteiger partial charge in [0.05, 0.1) is 12.2 Å². The highest BCUT2D eigenvalue weighted by atomic mass is 16.5. The van der Waals surface area contributed by atoms with Crippen LogP contribution in [0.4, 0.5) is 0 Å². The third-order valence-electron chi connectivity index (χ3n) is 3.31. The summed E-state index contributed by atoms with van der Waals surface area (Å²) >= 11 is 0. The van der Waals surface area contributed by atoms with E-state index < -0.39 is 0 Å². The van der Waals surface area contributed by atoms with Crippen molar-refractivity contribution in [3.8, 4) is 0 Å². The Kier molecular flexibility index (Phi) is 2.70. The molecule has 4 atom stereocenters. The maximum Gasteiger partial charge on any atom is 0.0626 e. The van der Waals surface area contributed by atoms with Crippen molar-refractivity contribution in [2.75, 3.05) is 6.54 Å². The van der Waals surface area contributed by atoms with Gasteiger partial charge in [0, 0.05) is 12.0 Å². The molecule has 2 nitrogen and oxygen atoms in total. The Hall–Kier alpha value is -0.340. The molecule has 0 aromatic heterocycles. The molecule has 13 heavy (non-hydrogen) atoms. The molecule has 0 spiro atoms. The van der Waals surface area contributed by atoms with Crippen LogP contribution in [0.1, 0.15) is 26.2 Å². The largest absolute Gasteiger partial charge is 0.375 e. The Morgan fingerprint density at radius 2 is 2.46 bits per heavy atom. The highest BCUT2D eigenvalue weighted by Crippen LogP contribution is 2.40. The summed E-state index contributed by atoms with van der Waals surface area (Å²) in [6.07, 6.45) is 6.86. The Balaban J connectivity index is 1.95. The van der Waals surface area contributed by atoms with Crippen LogP contribution in [0.15, 0.2) is 12.7 Å². The van der Waals surface area contributed by atoms with E-state index in [1.54, 1.807) is 0 Å². The van der Waals surface area contributed by atoms with E-state index in [-0.39, 0.29) is 0 Å². The molecule has 0 aromatic rings. The summed E-state index contributed by atoms with van der Waals surface area (Å²) in [4.78, 5) is 0. The van der Waals surface area contributed by atoms with Crippen LogP contribution >= 0.6 is 0 Å². The number of hydrogen-bond donors (Lipinski definition) is 1. The zero-order valence-electron chi connectivity index (χ0n) is 8.33. The molecule has 2 fully saturated rings. The van der Waals surface area contributed by atoms with Gasteiger partial charge in [-0.3, -0.25) is 0 Å². The highest BCUT2D eigenvalue weighted by molar-refractivity contribution is 5.01. The van der Waals surface area contributed by atoms with Gasteiger partial charge in [0.25, 0.3) is 0 Å². The lowest BCUT2D eigenvalue weighted by atomic mass is 9.84. The summed E-state index contributed by atoms with van der Waals surface area (Å²) in [7, 11) is 0. The minimum Gasteiger partial charge on any atom is -0.375 e. The average Bonchev–Trinajstić information content (AvgIpc) is 2.74. The predicted molar refractivity (Wildman–Crippen MR) is 53.7 cm³/mol. The fourth-order valence-electron chi connectivity index (χ4n) is 2.70. The van der Waals surface area contributed by atoms with Gasteiger partial charge in [-0.15, -0.1) is 6.58 Å². The zero-order valence-corrected chi connectivity index (χ0v) is 8.33. The summed E-state index contributed by atoms with van der Waals surface area (Å²) in [6.45, 7) is 7.05. The Bertz CT molecular complexity index is 193. The number of rotatable bonds is 4. The second-order valence-electron chi connectivity index (χ2n) is 4.09. The summed E-state index contributed by atoms with van der Waals surface area (Å²) < 4.78 is 5.83. The molecule has 2 rings (SSSR count). The molecule has 0 aliphatic carbocycles. The van der Waals surface area contributed by atoms with Crippen molar-refractivity contribution in [1.29, 1.82) is 0 Å². The van der Waals surface area contributed by atoms with Gasteiger partial charge in [0.1, 0.15) is 0 Å². The Morgan fingerprint density at radius 3 is 2.92 bits per heavy atom. The molecule has 74 valence electrons. The molecule has 2 heteroatoms. The molecule has 0 radical (unpaired) electrons. The molecule has 2 bridgehead atoms. The number of fused-ring (bicyclic) bond motifs is 2. The van der Waals surface area contributed by atoms with Gasteiger partial charge in [-0.1, -0.05) is 13.0 Å². The summed E-state index contributed by atoms with van der Waals surface area (Å²) in [5.41, 5.74) is 0. The van der Waals surface area contributed by atoms with Crippen molar-refractivity contribution in [3.05, 3.63) is 12.7 Å². The minimum atomic E-state index is 0.459. The van der Waals surface area contributed by atoms with Crippen LogP contribution < -0.4 is 5.32 Å². The van der Waals surface area contributed by atoms with E-state index in [0.29, 0.717) is 24.2 Å². The van der Waals surface area contributed by atoms with Crippen molar-refractivity contribution in [3.63, 3.8) is 0 Å². The smallest absolute Gasteiger partial charge is 0.0626 e. The molecule has 1 N–H and O–H groups in total. The highest BCUT2D eigenvalue weighted by Gasteiger charge is 2.43. The topological polar surface area (TPSA) is 21.3 Å². The molecule has 2 aliphatic rings. The Labute approximate surface area is 80.4 Å². The van der Waals surface area contributed by atoms with E-state index in [4.69, 9.17) is 4.74 Å². The van der Waals surface area contributed by atoms with Crippen LogP contribution in [0.2, 0.25) is 0 Å². The predicted octanol–water partition coefficient (Wildman–Crippen LogP) is 1.72. The normalized spacial score (nSPS) is 39.3. The van der Waals surface area contributed by atoms with Gasteiger partial charge >= 0.3 is 0 Å². The first-order chi connectivity index (χ1) is 6.35. The van der Waals surface area contributed by atoms with Gasteiger partial charge in [-0.05, 0) is 25.8 Å². The SMILES string of the molecule is C=CC(NCC)C1CC2CCC1O2. The number of nitrogens with one attached hydrogen (secondary N) is 1. The molecule has 2 aliphatic heterocycles. The third-order valence-corrected chi connectivity index (χ3v) is 3.31. The number of ether oxygens (including phenoxy) is 1. The van der Waals surface area contributed by atoms with E-state index in [2.05, 4.69) is 18.8 Å². The van der Waals surface area contributed by atoms with Crippen LogP contribution in [0.5, 0.6) is 0 Å². The zero-order chi connectivity index (χ0) is 9.26. The molecule has 0 aromatic carbocycles. The van der Waals surface area contributed by atoms with Crippen molar-refractivity contribution >= 4 is 0 Å². The molecule has 0 saturated carbocycles. The molecule has 2 saturated heterocycles. The lowest BCUT2D eigenvalue weighted by Gasteiger charge is -2.26. The first kappa shape index (κ1) is 9.22. The van der Waals surface area contributed by atoms with Gasteiger partial charge in [-0.2, -0.15) is 0 Å². The van der Waals surface area contributed by atoms with Crippen LogP contribution in [-0.4, -0.2) is 24.8 Å². The van der Waals surface area contributed by atoms with E-state index in [0.717, 1.165) is 6.54 Å². The number of likely N-dealkylation sites (N-methyl/N-ethyl adjacent to an activating group) is 1. The Morgan fingerprint density at radius 1 is 1.62 bits per heavy atom. The van der Waals surface area contributed by atoms with Crippen molar-refractivity contribution in [2.24, 2.45) is 5.92 Å². The van der Waals surface area contributed by atoms with Crippen molar-refractivity contribution in [1.82, 2.24) is 5.32 Å². The van der Waals surface area contributed by atoms with Gasteiger partial charge in [0.2, 0.25) is 0 Å². The lowest BCUT2D eigenvalue weighted by Crippen LogP contribution is -2.39. The van der Waals surface area contributed by atoms with Gasteiger partial charge in [0.15, 0.2) is 0 Å². The fourth-order valence-corrected chi connectivity index (χ4v) is 2.70. The van der Waals surface area contributed by atoms with Crippen molar-refractivity contribution in [2.45, 2.75) is 44.4 Å². The van der Waals surface area contributed by atoms with E-state index >= 15 is 0 Å². The quantitative estimate of drug-likeness (QED) is 0.667. The third kappa shape index (κ3) is 1.65. The summed E-state index contributed by atoms with van der Waals surface area (Å²) in [5, 5.41) is 3.46. The first-order valence-corrected chi connectivity index (χ1v) is 5.36. The maximum absolute atomic E-state index is 5.83. The van der Waals surface area contributed by atoms with Crippen LogP contribution in [-0.2, 0) is 4.74 Å². The van der Waals surface area contributed by atoms with Crippen LogP contribution in [0, 0.1) is 5.92 Å². The van der Waals surface area contributed by atoms with E-state index in [1.807, 2.05) is 6.08 Å². The van der Waals surface area contributed by atoms with Gasteiger partial charge < -0.3 is 10.1 Å². The van der Waals surface area contributed by atoms with Crippen LogP contribution in [0.3, 0.4) is 0 Å². The molecule has 4 unspecified atom stereocenters. The minimum absolute atomic E-state index is 0.459. The lowest BCUT2D eigenvalue weighted by molar-refractivity contribution is 0.0889. The van der Waals surface area contributed by atoms with Gasteiger partial charge in [-0.25, -0.2) is 0 Å². The average molecular weight is 181 g/mol. The second-order valence-corrected chi connectivity index (χ2v) is 4.09. The number of hydrogen-bond acceptors (Lipinski definition) is 2. The molecular weight excluding hydrogens is 162 g/mol. The molecule has 2 heterocycles. The maximum atomic E-state index is 5.83. The van der Waals surface area contributed by atoms with E-state index in [9.17, 15) is 0 Å². The second kappa shape index (κ2) is 3.81. The van der Waals surface area contributed by atoms with E-state index in [1.165, 1.54) is 19.3 Å². The van der Waals surface area contributed by atoms with Crippen molar-refractivity contribution < 1.29 is 4.74 Å². The fraction of sp³-hybridized carbons (Fsp3) is 0.818. The standard InChI is InChI=1S/C11H19NO/c1-3-10(12-4-2)9-7-8-5-6-11(9)13-8/h3,8-12H,1,4-7H2,2H3. The summed E-state index contributed by atoms with van der Waals surface area (Å²) in [5.74, 6) is 0.677.